The molecule has 4 aliphatic heterocycles. The van der Waals surface area contributed by atoms with Crippen molar-refractivity contribution in [2.24, 2.45) is 10.4 Å². The molecule has 0 radical (unpaired) electrons. The second-order valence-electron chi connectivity index (χ2n) is 16.4. The zero-order valence-corrected chi connectivity index (χ0v) is 31.5. The van der Waals surface area contributed by atoms with E-state index in [1.165, 1.54) is 24.4 Å². The molecule has 2 unspecified atom stereocenters. The molecular formula is C41H53F2N5O6. The second-order valence-corrected chi connectivity index (χ2v) is 16.4. The predicted molar refractivity (Wildman–Crippen MR) is 202 cm³/mol. The number of phenolic OH excluding ortho intramolecular Hbond substituents is 1. The van der Waals surface area contributed by atoms with Crippen LogP contribution in [0, 0.1) is 17.0 Å². The number of β-amino-alcohol motifs (C(OH)–C–C–N with tert-alkyl or cyclic N) is 1. The van der Waals surface area contributed by atoms with Crippen LogP contribution in [0.1, 0.15) is 76.8 Å². The molecule has 0 amide bonds. The summed E-state index contributed by atoms with van der Waals surface area (Å²) in [6.45, 7) is 7.97. The Balaban J connectivity index is 1.17. The highest BCUT2D eigenvalue weighted by molar-refractivity contribution is 6.06. The van der Waals surface area contributed by atoms with Crippen molar-refractivity contribution in [3.63, 3.8) is 0 Å². The minimum Gasteiger partial charge on any atom is -0.508 e. The Labute approximate surface area is 315 Å². The molecule has 5 heterocycles. The van der Waals surface area contributed by atoms with Gasteiger partial charge in [-0.05, 0) is 99.9 Å². The van der Waals surface area contributed by atoms with E-state index in [9.17, 15) is 15.3 Å². The minimum atomic E-state index is -1.29. The van der Waals surface area contributed by atoms with Gasteiger partial charge < -0.3 is 39.7 Å². The summed E-state index contributed by atoms with van der Waals surface area (Å²) in [7, 11) is 0. The number of amidine groups is 1. The smallest absolute Gasteiger partial charge is 0.227 e. The highest BCUT2D eigenvalue weighted by Gasteiger charge is 2.50. The van der Waals surface area contributed by atoms with Gasteiger partial charge in [0, 0.05) is 42.4 Å². The molecule has 0 bridgehead atoms. The monoisotopic (exact) mass is 749 g/mol. The normalized spacial score (nSPS) is 31.8. The van der Waals surface area contributed by atoms with E-state index in [-0.39, 0.29) is 60.5 Å². The number of pyridine rings is 1. The Morgan fingerprint density at radius 1 is 1.11 bits per heavy atom. The van der Waals surface area contributed by atoms with Gasteiger partial charge >= 0.3 is 0 Å². The Kier molecular flexibility index (Phi) is 10.3. The molecule has 1 aliphatic carbocycles. The lowest BCUT2D eigenvalue weighted by Gasteiger charge is -2.51. The number of aromatic nitrogens is 1. The van der Waals surface area contributed by atoms with Crippen molar-refractivity contribution in [1.82, 2.24) is 14.8 Å². The van der Waals surface area contributed by atoms with Crippen LogP contribution in [-0.2, 0) is 20.6 Å². The van der Waals surface area contributed by atoms with Gasteiger partial charge in [-0.25, -0.2) is 13.8 Å². The van der Waals surface area contributed by atoms with Crippen LogP contribution in [0.5, 0.6) is 5.75 Å². The van der Waals surface area contributed by atoms with Gasteiger partial charge in [0.2, 0.25) is 6.35 Å². The first-order chi connectivity index (χ1) is 26.0. The van der Waals surface area contributed by atoms with Gasteiger partial charge in [0.05, 0.1) is 49.8 Å². The van der Waals surface area contributed by atoms with Gasteiger partial charge in [0.25, 0.3) is 0 Å². The van der Waals surface area contributed by atoms with E-state index in [0.29, 0.717) is 52.8 Å². The molecule has 54 heavy (non-hydrogen) atoms. The number of nitrogens with zero attached hydrogens (tertiary/aromatic N) is 4. The number of aliphatic imine (C=N–C) groups is 1. The summed E-state index contributed by atoms with van der Waals surface area (Å²) in [5.74, 6) is -0.843. The van der Waals surface area contributed by atoms with Gasteiger partial charge in [-0.1, -0.05) is 19.4 Å². The highest BCUT2D eigenvalue weighted by atomic mass is 19.1. The fraction of sp³-hybridized carbons (Fsp3) is 0.610. The average molecular weight is 750 g/mol. The van der Waals surface area contributed by atoms with Crippen LogP contribution in [0.3, 0.4) is 0 Å². The number of aliphatic hydroxyl groups excluding tert-OH is 1. The number of rotatable bonds is 7. The number of fused-ring (bicyclic) bond motifs is 3. The molecule has 11 nitrogen and oxygen atoms in total. The summed E-state index contributed by atoms with van der Waals surface area (Å²) >= 11 is 0. The number of benzene rings is 2. The average Bonchev–Trinajstić information content (AvgIpc) is 3.52. The SMILES string of the molecule is CCc1c(F)ccc2cc(O)cc(-c3ncc4c(c3F)NC(OC[C@]35CCCC3N([C@H]3CCO[C@@H](C)C3)CCC5)N=C4N3C[C@H](CO)OC[C@@](C)(O)C3)c12. The number of hydrogen-bond donors (Lipinski definition) is 4. The van der Waals surface area contributed by atoms with Crippen molar-refractivity contribution >= 4 is 22.3 Å². The molecule has 292 valence electrons. The Bertz CT molecular complexity index is 1910. The maximum absolute atomic E-state index is 17.3. The molecule has 8 rings (SSSR count). The predicted octanol–water partition coefficient (Wildman–Crippen LogP) is 5.57. The van der Waals surface area contributed by atoms with Crippen molar-refractivity contribution in [2.75, 3.05) is 51.4 Å². The third-order valence-electron chi connectivity index (χ3n) is 12.4. The highest BCUT2D eigenvalue weighted by Crippen LogP contribution is 2.50. The number of halogens is 2. The number of phenols is 1. The van der Waals surface area contributed by atoms with E-state index < -0.39 is 29.7 Å². The third kappa shape index (κ3) is 6.96. The number of aryl methyl sites for hydroxylation is 1. The fourth-order valence-corrected chi connectivity index (χ4v) is 9.97. The van der Waals surface area contributed by atoms with Crippen LogP contribution < -0.4 is 5.32 Å². The molecule has 7 atom stereocenters. The lowest BCUT2D eigenvalue weighted by molar-refractivity contribution is -0.0895. The number of nitrogens with one attached hydrogen (secondary N) is 1. The van der Waals surface area contributed by atoms with Crippen molar-refractivity contribution in [3.05, 3.63) is 53.2 Å². The quantitative estimate of drug-likeness (QED) is 0.243. The van der Waals surface area contributed by atoms with Crippen LogP contribution in [-0.4, -0.2) is 118 Å². The molecule has 2 aromatic carbocycles. The summed E-state index contributed by atoms with van der Waals surface area (Å²) in [5.41, 5.74) is -0.271. The second kappa shape index (κ2) is 14.9. The number of hydrogen-bond acceptors (Lipinski definition) is 11. The maximum atomic E-state index is 17.3. The molecule has 13 heteroatoms. The number of aromatic hydroxyl groups is 1. The Morgan fingerprint density at radius 2 is 1.94 bits per heavy atom. The summed E-state index contributed by atoms with van der Waals surface area (Å²) in [4.78, 5) is 14.1. The zero-order valence-electron chi connectivity index (χ0n) is 31.5. The van der Waals surface area contributed by atoms with E-state index >= 15 is 8.78 Å². The Hall–Kier alpha value is -3.46. The van der Waals surface area contributed by atoms with E-state index in [1.807, 2.05) is 11.8 Å². The molecule has 3 saturated heterocycles. The fourth-order valence-electron chi connectivity index (χ4n) is 9.97. The van der Waals surface area contributed by atoms with Gasteiger partial charge in [-0.2, -0.15) is 0 Å². The third-order valence-corrected chi connectivity index (χ3v) is 12.4. The molecule has 5 aliphatic rings. The first-order valence-electron chi connectivity index (χ1n) is 19.7. The zero-order chi connectivity index (χ0) is 37.8. The molecule has 4 N–H and O–H groups in total. The molecular weight excluding hydrogens is 696 g/mol. The molecule has 1 saturated carbocycles. The summed E-state index contributed by atoms with van der Waals surface area (Å²) in [5, 5.41) is 36.4. The molecule has 4 fully saturated rings. The standard InChI is InChI=1S/C41H53F2N5O6/c1-4-29-32(42)9-8-25-16-27(50)17-30(34(25)29)36-35(43)37-31(18-44-36)38(47-19-28(20-49)53-22-40(3,51)21-47)46-39(45-37)54-23-41-11-5-7-33(41)48(13-6-12-41)26-10-14-52-24(2)15-26/h8-9,16-18,24,26,28,33,39,45,49-51H,4-7,10-15,19-23H2,1-3H3/t24-,26-,28+,33?,39?,40-,41+/m0/s1. The maximum Gasteiger partial charge on any atom is 0.227 e. The van der Waals surface area contributed by atoms with E-state index in [1.54, 1.807) is 13.0 Å². The lowest BCUT2D eigenvalue weighted by Crippen LogP contribution is -2.57. The van der Waals surface area contributed by atoms with Crippen LogP contribution >= 0.6 is 0 Å². The van der Waals surface area contributed by atoms with E-state index in [2.05, 4.69) is 22.1 Å². The summed E-state index contributed by atoms with van der Waals surface area (Å²) < 4.78 is 50.9. The first-order valence-corrected chi connectivity index (χ1v) is 19.7. The van der Waals surface area contributed by atoms with Gasteiger partial charge in [-0.3, -0.25) is 9.88 Å². The van der Waals surface area contributed by atoms with E-state index in [4.69, 9.17) is 19.2 Å². The van der Waals surface area contributed by atoms with Crippen molar-refractivity contribution in [1.29, 1.82) is 0 Å². The molecule has 3 aromatic rings. The topological polar surface area (TPSA) is 132 Å². The van der Waals surface area contributed by atoms with Crippen LogP contribution in [0.15, 0.2) is 35.5 Å². The lowest BCUT2D eigenvalue weighted by atomic mass is 9.74. The first kappa shape index (κ1) is 37.5. The summed E-state index contributed by atoms with van der Waals surface area (Å²) in [6, 6.07) is 6.75. The van der Waals surface area contributed by atoms with Crippen molar-refractivity contribution in [2.45, 2.75) is 108 Å². The van der Waals surface area contributed by atoms with Gasteiger partial charge in [0.15, 0.2) is 5.82 Å². The number of aliphatic hydroxyl groups is 2. The molecule has 1 aromatic heterocycles. The van der Waals surface area contributed by atoms with Crippen molar-refractivity contribution < 1.29 is 38.3 Å². The summed E-state index contributed by atoms with van der Waals surface area (Å²) in [6.07, 6.45) is 7.97. The van der Waals surface area contributed by atoms with Crippen LogP contribution in [0.4, 0.5) is 14.5 Å². The van der Waals surface area contributed by atoms with Gasteiger partial charge in [0.1, 0.15) is 28.7 Å². The number of likely N-dealkylation sites (tertiary alicyclic amines) is 1. The Morgan fingerprint density at radius 3 is 2.74 bits per heavy atom. The van der Waals surface area contributed by atoms with E-state index in [0.717, 1.165) is 58.1 Å². The van der Waals surface area contributed by atoms with Gasteiger partial charge in [-0.15, -0.1) is 0 Å². The number of anilines is 1. The number of ether oxygens (including phenoxy) is 3. The molecule has 0 spiro atoms. The van der Waals surface area contributed by atoms with Crippen LogP contribution in [0.25, 0.3) is 22.0 Å². The largest absolute Gasteiger partial charge is 0.508 e. The minimum absolute atomic E-state index is 0.00575. The number of piperidine rings is 1. The van der Waals surface area contributed by atoms with Crippen molar-refractivity contribution in [3.8, 4) is 17.0 Å². The van der Waals surface area contributed by atoms with Crippen LogP contribution in [0.2, 0.25) is 0 Å².